The third-order valence-electron chi connectivity index (χ3n) is 12.9. The first-order valence-corrected chi connectivity index (χ1v) is 25.0. The van der Waals surface area contributed by atoms with Gasteiger partial charge in [0.15, 0.2) is 0 Å². The Bertz CT molecular complexity index is 2570. The van der Waals surface area contributed by atoms with Crippen molar-refractivity contribution in [3.63, 3.8) is 0 Å². The van der Waals surface area contributed by atoms with Gasteiger partial charge in [0.2, 0.25) is 15.9 Å². The second-order valence-electron chi connectivity index (χ2n) is 18.7. The molecule has 17 nitrogen and oxygen atoms in total. The second-order valence-corrected chi connectivity index (χ2v) is 21.7. The Kier molecular flexibility index (Phi) is 21.0. The van der Waals surface area contributed by atoms with Crippen LogP contribution in [0, 0.1) is 11.3 Å². The molecule has 0 aliphatic carbocycles. The number of cyclic esters (lactones) is 1. The number of hydrazine groups is 1. The van der Waals surface area contributed by atoms with Gasteiger partial charge < -0.3 is 29.2 Å². The van der Waals surface area contributed by atoms with Crippen LogP contribution >= 0.6 is 65.3 Å². The Morgan fingerprint density at radius 3 is 2.42 bits per heavy atom. The van der Waals surface area contributed by atoms with Crippen LogP contribution in [0.4, 0.5) is 4.79 Å². The van der Waals surface area contributed by atoms with E-state index in [1.54, 1.807) is 20.4 Å². The molecular formula is C46H71N9O8S6. The average Bonchev–Trinajstić information content (AvgIpc) is 3.85. The minimum Gasteiger partial charge on any atom is -0.464 e. The SMILES string of the molecule is CCn1c(-c2cccnc2[C@H](C)OC)c2c3cc(ccc31)-c1csc(n1)C[C@H](NC(=O)[C@H](C(C)C)N(C)C(=O)N1CC(N(C)S(C)(=O)=O)C1)C(=O)N1CCC[C@H](N1)C(=O)OCC(C)(C)C2.S.S.S.S. The van der Waals surface area contributed by atoms with Crippen LogP contribution in [0.5, 0.6) is 0 Å². The monoisotopic (exact) mass is 1070 g/mol. The summed E-state index contributed by atoms with van der Waals surface area (Å²) in [6.45, 7) is 13.4. The summed E-state index contributed by atoms with van der Waals surface area (Å²) in [5, 5.41) is 7.99. The topological polar surface area (TPSA) is 189 Å². The van der Waals surface area contributed by atoms with Crippen LogP contribution in [0.25, 0.3) is 33.4 Å². The minimum absolute atomic E-state index is 0. The van der Waals surface area contributed by atoms with Crippen LogP contribution in [0.1, 0.15) is 76.8 Å². The highest BCUT2D eigenvalue weighted by atomic mass is 32.2. The van der Waals surface area contributed by atoms with Gasteiger partial charge >= 0.3 is 12.0 Å². The zero-order valence-corrected chi connectivity index (χ0v) is 46.7. The summed E-state index contributed by atoms with van der Waals surface area (Å²) in [6, 6.07) is 6.68. The lowest BCUT2D eigenvalue weighted by Gasteiger charge is -2.45. The number of urea groups is 1. The number of nitrogens with one attached hydrogen (secondary N) is 2. The molecule has 7 rings (SSSR count). The van der Waals surface area contributed by atoms with E-state index in [-0.39, 0.29) is 98.2 Å². The van der Waals surface area contributed by atoms with E-state index < -0.39 is 57.4 Å². The molecule has 6 bridgehead atoms. The largest absolute Gasteiger partial charge is 0.464 e. The molecule has 2 saturated heterocycles. The van der Waals surface area contributed by atoms with E-state index in [1.165, 1.54) is 37.5 Å². The fourth-order valence-electron chi connectivity index (χ4n) is 9.20. The molecule has 3 aromatic heterocycles. The number of methoxy groups -OCH3 is 1. The lowest BCUT2D eigenvalue weighted by molar-refractivity contribution is -0.155. The van der Waals surface area contributed by atoms with Gasteiger partial charge in [-0.15, -0.1) is 11.3 Å². The smallest absolute Gasteiger partial charge is 0.324 e. The molecule has 3 aliphatic heterocycles. The molecule has 4 atom stereocenters. The average molecular weight is 1070 g/mol. The van der Waals surface area contributed by atoms with Gasteiger partial charge in [-0.25, -0.2) is 23.6 Å². The number of aromatic nitrogens is 3. The van der Waals surface area contributed by atoms with Gasteiger partial charge in [-0.3, -0.25) is 24.4 Å². The normalized spacial score (nSPS) is 19.4. The summed E-state index contributed by atoms with van der Waals surface area (Å²) in [5.74, 6) is -1.80. The Morgan fingerprint density at radius 1 is 1.09 bits per heavy atom. The molecule has 2 fully saturated rings. The van der Waals surface area contributed by atoms with Crippen LogP contribution in [0.15, 0.2) is 41.9 Å². The summed E-state index contributed by atoms with van der Waals surface area (Å²) < 4.78 is 39.6. The third-order valence-corrected chi connectivity index (χ3v) is 15.2. The molecule has 2 N–H and O–H groups in total. The van der Waals surface area contributed by atoms with Crippen molar-refractivity contribution < 1.29 is 37.1 Å². The van der Waals surface area contributed by atoms with E-state index in [2.05, 4.69) is 60.3 Å². The van der Waals surface area contributed by atoms with Gasteiger partial charge in [0.25, 0.3) is 5.91 Å². The molecule has 6 heterocycles. The number of thiazole rings is 1. The van der Waals surface area contributed by atoms with Crippen molar-refractivity contribution >= 4 is 110 Å². The maximum Gasteiger partial charge on any atom is 0.324 e. The molecular weight excluding hydrogens is 999 g/mol. The highest BCUT2D eigenvalue weighted by Gasteiger charge is 2.42. The summed E-state index contributed by atoms with van der Waals surface area (Å²) in [6.07, 6.45) is 4.24. The number of pyridine rings is 1. The first-order valence-electron chi connectivity index (χ1n) is 22.3. The number of hydrogen-bond acceptors (Lipinski definition) is 12. The number of rotatable bonds is 10. The van der Waals surface area contributed by atoms with Crippen molar-refractivity contribution in [2.45, 2.75) is 104 Å². The predicted molar refractivity (Wildman–Crippen MR) is 291 cm³/mol. The fourth-order valence-corrected chi connectivity index (χ4v) is 10.7. The maximum atomic E-state index is 14.6. The van der Waals surface area contributed by atoms with Crippen molar-refractivity contribution in [2.75, 3.05) is 53.7 Å². The molecule has 4 aromatic rings. The molecule has 23 heteroatoms. The summed E-state index contributed by atoms with van der Waals surface area (Å²) in [5.41, 5.74) is 9.15. The van der Waals surface area contributed by atoms with Gasteiger partial charge in [-0.2, -0.15) is 58.3 Å². The first kappa shape index (κ1) is 59.8. The van der Waals surface area contributed by atoms with Crippen molar-refractivity contribution in [2.24, 2.45) is 11.3 Å². The number of carbonyl (C=O) groups excluding carboxylic acids is 4. The number of hydrogen-bond donors (Lipinski definition) is 2. The quantitative estimate of drug-likeness (QED) is 0.196. The summed E-state index contributed by atoms with van der Waals surface area (Å²) in [7, 11) is 1.25. The number of likely N-dealkylation sites (tertiary alicyclic amines) is 1. The van der Waals surface area contributed by atoms with Crippen molar-refractivity contribution in [1.29, 1.82) is 0 Å². The molecule has 0 saturated carbocycles. The standard InChI is InChI=1S/C46H63N9O8S2.4H2S/c1-11-54-37-17-16-29-20-32(37)33(41(54)31-14-12-18-47-39(31)28(4)62-9)22-46(5,6)26-63-44(58)34-15-13-19-55(50-34)43(57)35(21-38-48-36(29)25-64-38)49-42(56)40(27(2)3)51(7)45(59)53-23-30(24-53)52(8)65(10,60)61;;;;/h12,14,16-18,20,25,27-28,30,34-35,40,50H,11,13,15,19,21-24,26H2,1-10H3,(H,49,56);4*1H2/t28-,34-,35-,40-;;;;/m0..../s1. The van der Waals surface area contributed by atoms with E-state index in [0.29, 0.717) is 37.4 Å². The number of amides is 4. The molecule has 4 amide bonds. The Hall–Kier alpha value is -3.55. The molecule has 0 radical (unpaired) electrons. The van der Waals surface area contributed by atoms with Crippen LogP contribution < -0.4 is 10.7 Å². The first-order chi connectivity index (χ1) is 30.7. The molecule has 0 unspecified atom stereocenters. The third kappa shape index (κ3) is 12.7. The number of carbonyl (C=O) groups is 4. The van der Waals surface area contributed by atoms with Gasteiger partial charge in [0, 0.05) is 92.8 Å². The Morgan fingerprint density at radius 2 is 1.78 bits per heavy atom. The highest BCUT2D eigenvalue weighted by molar-refractivity contribution is 7.88. The zero-order valence-electron chi connectivity index (χ0n) is 41.1. The minimum atomic E-state index is -3.45. The van der Waals surface area contributed by atoms with Crippen molar-refractivity contribution in [1.82, 2.24) is 44.4 Å². The molecule has 1 aromatic carbocycles. The van der Waals surface area contributed by atoms with Gasteiger partial charge in [0.1, 0.15) is 18.1 Å². The lowest BCUT2D eigenvalue weighted by atomic mass is 9.84. The summed E-state index contributed by atoms with van der Waals surface area (Å²) in [4.78, 5) is 69.2. The highest BCUT2D eigenvalue weighted by Crippen LogP contribution is 2.42. The molecule has 69 heavy (non-hydrogen) atoms. The van der Waals surface area contributed by atoms with Crippen LogP contribution in [-0.4, -0.2) is 144 Å². The number of aryl methyl sites for hydroxylation is 1. The second kappa shape index (κ2) is 24.2. The predicted octanol–water partition coefficient (Wildman–Crippen LogP) is 5.31. The van der Waals surface area contributed by atoms with Crippen LogP contribution in [-0.2, 0) is 53.3 Å². The fraction of sp³-hybridized carbons (Fsp3) is 0.565. The van der Waals surface area contributed by atoms with Gasteiger partial charge in [-0.1, -0.05) is 33.8 Å². The molecule has 3 aliphatic rings. The molecule has 0 spiro atoms. The van der Waals surface area contributed by atoms with E-state index >= 15 is 0 Å². The van der Waals surface area contributed by atoms with E-state index in [9.17, 15) is 27.6 Å². The number of likely N-dealkylation sites (N-methyl/N-ethyl adjacent to an activating group) is 2. The van der Waals surface area contributed by atoms with Crippen molar-refractivity contribution in [3.05, 3.63) is 58.2 Å². The molecule has 384 valence electrons. The Balaban J connectivity index is 0.00000315. The number of benzene rings is 1. The number of fused-ring (bicyclic) bond motifs is 6. The number of nitrogens with zero attached hydrogens (tertiary/aromatic N) is 7. The number of sulfonamides is 1. The van der Waals surface area contributed by atoms with Gasteiger partial charge in [0.05, 0.1) is 47.1 Å². The zero-order chi connectivity index (χ0) is 47.1. The van der Waals surface area contributed by atoms with E-state index in [4.69, 9.17) is 19.4 Å². The van der Waals surface area contributed by atoms with Gasteiger partial charge in [-0.05, 0) is 68.9 Å². The number of ether oxygens (including phenoxy) is 2. The number of esters is 1. The summed E-state index contributed by atoms with van der Waals surface area (Å²) >= 11 is 1.39. The van der Waals surface area contributed by atoms with Crippen LogP contribution in [0.3, 0.4) is 0 Å². The van der Waals surface area contributed by atoms with Crippen molar-refractivity contribution in [3.8, 4) is 22.5 Å². The Labute approximate surface area is 438 Å². The lowest BCUT2D eigenvalue weighted by Crippen LogP contribution is -2.66. The van der Waals surface area contributed by atoms with E-state index in [0.717, 1.165) is 50.9 Å². The maximum absolute atomic E-state index is 14.6. The van der Waals surface area contributed by atoms with E-state index in [1.807, 2.05) is 32.2 Å². The van der Waals surface area contributed by atoms with Crippen LogP contribution in [0.2, 0.25) is 0 Å².